The molecule has 0 spiro atoms. The summed E-state index contributed by atoms with van der Waals surface area (Å²) >= 11 is 0. The number of carbonyl (C=O) groups excluding carboxylic acids is 1. The first-order valence-electron chi connectivity index (χ1n) is 11.2. The highest BCUT2D eigenvalue weighted by atomic mass is 32.2. The summed E-state index contributed by atoms with van der Waals surface area (Å²) in [6, 6.07) is 9.26. The third-order valence-corrected chi connectivity index (χ3v) is 8.09. The Bertz CT molecular complexity index is 1400. The molecule has 3 heterocycles. The number of β-amino-alcohol motifs (C(OH)–C–C–N with tert-alkyl or cyclic N) is 1. The lowest BCUT2D eigenvalue weighted by Gasteiger charge is -2.35. The first-order valence-corrected chi connectivity index (χ1v) is 12.7. The van der Waals surface area contributed by atoms with Gasteiger partial charge in [0.25, 0.3) is 5.91 Å². The Balaban J connectivity index is 1.45. The van der Waals surface area contributed by atoms with Crippen molar-refractivity contribution in [3.8, 4) is 11.1 Å². The number of pyridine rings is 2. The van der Waals surface area contributed by atoms with Crippen molar-refractivity contribution in [2.75, 3.05) is 18.4 Å². The number of nitrogens with two attached hydrogens (primary N) is 1. The molecule has 1 aliphatic rings. The van der Waals surface area contributed by atoms with Gasteiger partial charge in [-0.05, 0) is 60.4 Å². The van der Waals surface area contributed by atoms with Crippen LogP contribution in [-0.4, -0.2) is 58.9 Å². The summed E-state index contributed by atoms with van der Waals surface area (Å²) in [5, 5.41) is 13.4. The van der Waals surface area contributed by atoms with Crippen molar-refractivity contribution in [2.45, 2.75) is 36.6 Å². The van der Waals surface area contributed by atoms with E-state index in [4.69, 9.17) is 5.73 Å². The molecule has 0 unspecified atom stereocenters. The van der Waals surface area contributed by atoms with Crippen LogP contribution in [0.5, 0.6) is 0 Å². The molecule has 4 N–H and O–H groups in total. The number of hydrogen-bond acceptors (Lipinski definition) is 7. The Morgan fingerprint density at radius 2 is 1.84 bits per heavy atom. The number of piperidine rings is 1. The van der Waals surface area contributed by atoms with Gasteiger partial charge in [-0.1, -0.05) is 12.1 Å². The number of aliphatic hydroxyl groups excluding tert-OH is 1. The molecule has 0 bridgehead atoms. The fourth-order valence-electron chi connectivity index (χ4n) is 4.18. The van der Waals surface area contributed by atoms with Crippen LogP contribution in [0.25, 0.3) is 11.1 Å². The van der Waals surface area contributed by atoms with Crippen molar-refractivity contribution in [3.63, 3.8) is 0 Å². The number of halogens is 3. The Morgan fingerprint density at radius 3 is 2.41 bits per heavy atom. The average molecular weight is 536 g/mol. The molecule has 2 aromatic heterocycles. The smallest absolute Gasteiger partial charge is 0.390 e. The van der Waals surface area contributed by atoms with E-state index in [-0.39, 0.29) is 35.9 Å². The molecule has 0 aliphatic carbocycles. The highest BCUT2D eigenvalue weighted by Gasteiger charge is 2.35. The number of hydrogen-bond donors (Lipinski definition) is 3. The standard InChI is InChI=1S/C24H24F3N5O4S/c1-14-18(8-10-29-22(14)23(28)34)15-2-5-17(6-3-15)37(35,36)32-11-9-19(20(33)13-32)31-21-7-4-16(12-30-21)24(25,26)27/h2-8,10,12,19-20,33H,9,11,13H2,1H3,(H2,28,34)(H,30,31)/t19-,20+/m1/s1. The number of amides is 1. The third kappa shape index (κ3) is 5.58. The van der Waals surface area contributed by atoms with Crippen LogP contribution in [0.1, 0.15) is 28.0 Å². The van der Waals surface area contributed by atoms with Crippen molar-refractivity contribution in [1.29, 1.82) is 0 Å². The minimum absolute atomic E-state index is 0.0288. The van der Waals surface area contributed by atoms with E-state index in [2.05, 4.69) is 15.3 Å². The number of aliphatic hydroxyl groups is 1. The molecule has 1 aliphatic heterocycles. The minimum Gasteiger partial charge on any atom is -0.390 e. The summed E-state index contributed by atoms with van der Waals surface area (Å²) in [6.07, 6.45) is -3.26. The van der Waals surface area contributed by atoms with E-state index in [0.717, 1.165) is 16.4 Å². The van der Waals surface area contributed by atoms with Crippen molar-refractivity contribution in [2.24, 2.45) is 5.73 Å². The second kappa shape index (κ2) is 10.1. The second-order valence-electron chi connectivity index (χ2n) is 8.62. The summed E-state index contributed by atoms with van der Waals surface area (Å²) in [5.41, 5.74) is 6.53. The lowest BCUT2D eigenvalue weighted by atomic mass is 10.00. The predicted molar refractivity (Wildman–Crippen MR) is 129 cm³/mol. The first kappa shape index (κ1) is 26.5. The molecule has 4 rings (SSSR count). The van der Waals surface area contributed by atoms with E-state index < -0.39 is 39.8 Å². The molecule has 1 amide bonds. The maximum absolute atomic E-state index is 13.2. The van der Waals surface area contributed by atoms with E-state index in [9.17, 15) is 31.5 Å². The first-order chi connectivity index (χ1) is 17.4. The molecular weight excluding hydrogens is 511 g/mol. The lowest BCUT2D eigenvalue weighted by Crippen LogP contribution is -2.51. The zero-order valence-electron chi connectivity index (χ0n) is 19.6. The van der Waals surface area contributed by atoms with E-state index in [1.54, 1.807) is 25.1 Å². The van der Waals surface area contributed by atoms with E-state index in [1.807, 2.05) is 0 Å². The predicted octanol–water partition coefficient (Wildman–Crippen LogP) is 2.81. The summed E-state index contributed by atoms with van der Waals surface area (Å²) in [5.74, 6) is -0.515. The fraction of sp³-hybridized carbons (Fsp3) is 0.292. The fourth-order valence-corrected chi connectivity index (χ4v) is 5.65. The van der Waals surface area contributed by atoms with Crippen LogP contribution >= 0.6 is 0 Å². The summed E-state index contributed by atoms with van der Waals surface area (Å²) in [6.45, 7) is 1.59. The SMILES string of the molecule is Cc1c(-c2ccc(S(=O)(=O)N3CC[C@@H](Nc4ccc(C(F)(F)F)cn4)[C@@H](O)C3)cc2)ccnc1C(N)=O. The number of nitrogens with one attached hydrogen (secondary N) is 1. The average Bonchev–Trinajstić information content (AvgIpc) is 2.85. The number of benzene rings is 1. The maximum atomic E-state index is 13.2. The number of anilines is 1. The number of nitrogens with zero attached hydrogens (tertiary/aromatic N) is 3. The zero-order chi connectivity index (χ0) is 27.0. The molecule has 0 radical (unpaired) electrons. The van der Waals surface area contributed by atoms with Gasteiger partial charge < -0.3 is 16.2 Å². The number of aromatic nitrogens is 2. The molecule has 13 heteroatoms. The molecule has 1 saturated heterocycles. The number of primary amides is 1. The zero-order valence-corrected chi connectivity index (χ0v) is 20.4. The van der Waals surface area contributed by atoms with Gasteiger partial charge in [-0.15, -0.1) is 0 Å². The third-order valence-electron chi connectivity index (χ3n) is 6.21. The molecule has 37 heavy (non-hydrogen) atoms. The van der Waals surface area contributed by atoms with Crippen LogP contribution in [-0.2, 0) is 16.2 Å². The highest BCUT2D eigenvalue weighted by Crippen LogP contribution is 2.30. The largest absolute Gasteiger partial charge is 0.417 e. The van der Waals surface area contributed by atoms with E-state index in [1.165, 1.54) is 18.3 Å². The molecule has 196 valence electrons. The van der Waals surface area contributed by atoms with Crippen LogP contribution in [0.15, 0.2) is 59.8 Å². The van der Waals surface area contributed by atoms with Gasteiger partial charge in [-0.25, -0.2) is 13.4 Å². The summed E-state index contributed by atoms with van der Waals surface area (Å²) in [4.78, 5) is 19.3. The van der Waals surface area contributed by atoms with Crippen LogP contribution in [0.3, 0.4) is 0 Å². The minimum atomic E-state index is -4.51. The Labute approximate surface area is 211 Å². The normalized spacial score (nSPS) is 18.9. The van der Waals surface area contributed by atoms with Gasteiger partial charge >= 0.3 is 6.18 Å². The van der Waals surface area contributed by atoms with Gasteiger partial charge in [-0.3, -0.25) is 9.78 Å². The molecular formula is C24H24F3N5O4S. The van der Waals surface area contributed by atoms with Crippen LogP contribution in [0.4, 0.5) is 19.0 Å². The highest BCUT2D eigenvalue weighted by molar-refractivity contribution is 7.89. The van der Waals surface area contributed by atoms with Crippen LogP contribution < -0.4 is 11.1 Å². The molecule has 3 aromatic rings. The molecule has 1 aromatic carbocycles. The van der Waals surface area contributed by atoms with Gasteiger partial charge in [0, 0.05) is 25.5 Å². The maximum Gasteiger partial charge on any atom is 0.417 e. The van der Waals surface area contributed by atoms with Gasteiger partial charge in [0.05, 0.1) is 22.6 Å². The number of rotatable bonds is 6. The molecule has 2 atom stereocenters. The second-order valence-corrected chi connectivity index (χ2v) is 10.6. The number of sulfonamides is 1. The Hall–Kier alpha value is -3.55. The number of alkyl halides is 3. The van der Waals surface area contributed by atoms with Gasteiger partial charge in [0.2, 0.25) is 10.0 Å². The van der Waals surface area contributed by atoms with Crippen molar-refractivity contribution < 1.29 is 31.5 Å². The molecule has 1 fully saturated rings. The van der Waals surface area contributed by atoms with Crippen LogP contribution in [0, 0.1) is 6.92 Å². The van der Waals surface area contributed by atoms with Crippen molar-refractivity contribution in [3.05, 3.63) is 71.7 Å². The Morgan fingerprint density at radius 1 is 1.14 bits per heavy atom. The van der Waals surface area contributed by atoms with Gasteiger partial charge in [-0.2, -0.15) is 17.5 Å². The number of carbonyl (C=O) groups is 1. The lowest BCUT2D eigenvalue weighted by molar-refractivity contribution is -0.137. The van der Waals surface area contributed by atoms with Crippen molar-refractivity contribution >= 4 is 21.7 Å². The van der Waals surface area contributed by atoms with E-state index >= 15 is 0 Å². The van der Waals surface area contributed by atoms with Gasteiger partial charge in [0.15, 0.2) is 0 Å². The molecule has 9 nitrogen and oxygen atoms in total. The van der Waals surface area contributed by atoms with Crippen molar-refractivity contribution in [1.82, 2.24) is 14.3 Å². The summed E-state index contributed by atoms with van der Waals surface area (Å²) < 4.78 is 65.7. The van der Waals surface area contributed by atoms with Gasteiger partial charge in [0.1, 0.15) is 11.5 Å². The quantitative estimate of drug-likeness (QED) is 0.441. The van der Waals surface area contributed by atoms with E-state index in [0.29, 0.717) is 22.9 Å². The monoisotopic (exact) mass is 535 g/mol. The van der Waals surface area contributed by atoms with Crippen LogP contribution in [0.2, 0.25) is 0 Å². The topological polar surface area (TPSA) is 139 Å². The summed E-state index contributed by atoms with van der Waals surface area (Å²) in [7, 11) is -3.93. The Kier molecular flexibility index (Phi) is 7.22. The molecule has 0 saturated carbocycles.